The van der Waals surface area contributed by atoms with E-state index in [9.17, 15) is 0 Å². The summed E-state index contributed by atoms with van der Waals surface area (Å²) < 4.78 is 0. The van der Waals surface area contributed by atoms with E-state index in [1.54, 1.807) is 0 Å². The Morgan fingerprint density at radius 3 is 2.39 bits per heavy atom. The summed E-state index contributed by atoms with van der Waals surface area (Å²) in [5, 5.41) is 3.57. The second-order valence-electron chi connectivity index (χ2n) is 5.18. The number of likely N-dealkylation sites (N-methyl/N-ethyl adjacent to an activating group) is 1. The van der Waals surface area contributed by atoms with Crippen LogP contribution in [0.1, 0.15) is 44.7 Å². The molecule has 2 nitrogen and oxygen atoms in total. The molecule has 0 fully saturated rings. The van der Waals surface area contributed by atoms with E-state index in [1.807, 2.05) is 0 Å². The van der Waals surface area contributed by atoms with Crippen LogP contribution in [-0.2, 0) is 0 Å². The number of hydrogen-bond donors (Lipinski definition) is 1. The van der Waals surface area contributed by atoms with Crippen LogP contribution in [0.25, 0.3) is 0 Å². The van der Waals surface area contributed by atoms with Crippen molar-refractivity contribution in [1.29, 1.82) is 0 Å². The van der Waals surface area contributed by atoms with Gasteiger partial charge in [-0.15, -0.1) is 0 Å². The van der Waals surface area contributed by atoms with Gasteiger partial charge in [0.2, 0.25) is 0 Å². The second-order valence-corrected chi connectivity index (χ2v) is 5.18. The van der Waals surface area contributed by atoms with Gasteiger partial charge in [0.25, 0.3) is 0 Å². The quantitative estimate of drug-likeness (QED) is 0.788. The van der Waals surface area contributed by atoms with Crippen molar-refractivity contribution < 1.29 is 0 Å². The highest BCUT2D eigenvalue weighted by Gasteiger charge is 2.04. The summed E-state index contributed by atoms with van der Waals surface area (Å²) in [5.74, 6) is 0.592. The number of nitrogens with zero attached hydrogens (tertiary/aromatic N) is 1. The first-order valence-electron chi connectivity index (χ1n) is 7.15. The highest BCUT2D eigenvalue weighted by atomic mass is 15.1. The van der Waals surface area contributed by atoms with Crippen molar-refractivity contribution in [2.24, 2.45) is 0 Å². The molecule has 0 spiro atoms. The van der Waals surface area contributed by atoms with Crippen molar-refractivity contribution in [2.75, 3.05) is 31.5 Å². The third kappa shape index (κ3) is 4.34. The lowest BCUT2D eigenvalue weighted by atomic mass is 10.0. The van der Waals surface area contributed by atoms with Crippen LogP contribution in [0.15, 0.2) is 18.2 Å². The number of benzene rings is 1. The van der Waals surface area contributed by atoms with Crippen LogP contribution < -0.4 is 5.32 Å². The summed E-state index contributed by atoms with van der Waals surface area (Å²) in [4.78, 5) is 2.44. The summed E-state index contributed by atoms with van der Waals surface area (Å²) in [6, 6.07) is 6.74. The maximum atomic E-state index is 3.57. The van der Waals surface area contributed by atoms with Crippen LogP contribution in [0.4, 0.5) is 5.69 Å². The van der Waals surface area contributed by atoms with E-state index < -0.39 is 0 Å². The van der Waals surface area contributed by atoms with Crippen molar-refractivity contribution in [2.45, 2.75) is 40.5 Å². The van der Waals surface area contributed by atoms with E-state index in [0.29, 0.717) is 5.92 Å². The Hall–Kier alpha value is -1.02. The molecule has 18 heavy (non-hydrogen) atoms. The van der Waals surface area contributed by atoms with E-state index >= 15 is 0 Å². The lowest BCUT2D eigenvalue weighted by Gasteiger charge is -2.19. The number of hydrogen-bond acceptors (Lipinski definition) is 2. The molecule has 0 radical (unpaired) electrons. The molecule has 2 heteroatoms. The fourth-order valence-electron chi connectivity index (χ4n) is 2.08. The van der Waals surface area contributed by atoms with Crippen molar-refractivity contribution >= 4 is 5.69 Å². The molecule has 0 aromatic heterocycles. The molecule has 0 bridgehead atoms. The standard InChI is InChI=1S/C16H28N2/c1-6-18(7-2)11-10-17-16-12-15(13(3)4)9-8-14(16)5/h8-9,12-13,17H,6-7,10-11H2,1-5H3. The Labute approximate surface area is 112 Å². The van der Waals surface area contributed by atoms with Gasteiger partial charge in [0.15, 0.2) is 0 Å². The van der Waals surface area contributed by atoms with E-state index in [0.717, 1.165) is 26.2 Å². The molecular weight excluding hydrogens is 220 g/mol. The molecule has 1 rings (SSSR count). The van der Waals surface area contributed by atoms with Crippen LogP contribution in [0.2, 0.25) is 0 Å². The van der Waals surface area contributed by atoms with Crippen LogP contribution in [0.5, 0.6) is 0 Å². The van der Waals surface area contributed by atoms with Gasteiger partial charge in [-0.1, -0.05) is 39.8 Å². The second kappa shape index (κ2) is 7.42. The zero-order valence-corrected chi connectivity index (χ0v) is 12.6. The van der Waals surface area contributed by atoms with Crippen LogP contribution in [-0.4, -0.2) is 31.1 Å². The summed E-state index contributed by atoms with van der Waals surface area (Å²) in [7, 11) is 0. The van der Waals surface area contributed by atoms with Gasteiger partial charge in [-0.3, -0.25) is 0 Å². The molecule has 0 aliphatic carbocycles. The Balaban J connectivity index is 2.58. The topological polar surface area (TPSA) is 15.3 Å². The lowest BCUT2D eigenvalue weighted by Crippen LogP contribution is -2.28. The number of aryl methyl sites for hydroxylation is 1. The maximum Gasteiger partial charge on any atom is 0.0373 e. The highest BCUT2D eigenvalue weighted by molar-refractivity contribution is 5.53. The Bertz CT molecular complexity index is 354. The van der Waals surface area contributed by atoms with Gasteiger partial charge in [-0.25, -0.2) is 0 Å². The SMILES string of the molecule is CCN(CC)CCNc1cc(C(C)C)ccc1C. The monoisotopic (exact) mass is 248 g/mol. The molecule has 0 aliphatic heterocycles. The average molecular weight is 248 g/mol. The minimum Gasteiger partial charge on any atom is -0.384 e. The lowest BCUT2D eigenvalue weighted by molar-refractivity contribution is 0.316. The molecule has 0 saturated heterocycles. The van der Waals surface area contributed by atoms with E-state index in [-0.39, 0.29) is 0 Å². The van der Waals surface area contributed by atoms with Crippen molar-refractivity contribution in [1.82, 2.24) is 4.90 Å². The van der Waals surface area contributed by atoms with Gasteiger partial charge in [0, 0.05) is 18.8 Å². The van der Waals surface area contributed by atoms with Gasteiger partial charge in [-0.05, 0) is 43.1 Å². The minimum atomic E-state index is 0.592. The van der Waals surface area contributed by atoms with Crippen LogP contribution in [0, 0.1) is 6.92 Å². The largest absolute Gasteiger partial charge is 0.384 e. The zero-order valence-electron chi connectivity index (χ0n) is 12.6. The molecule has 0 saturated carbocycles. The molecule has 102 valence electrons. The summed E-state index contributed by atoms with van der Waals surface area (Å²) >= 11 is 0. The molecule has 0 unspecified atom stereocenters. The molecular formula is C16H28N2. The summed E-state index contributed by atoms with van der Waals surface area (Å²) in [6.07, 6.45) is 0. The Kier molecular flexibility index (Phi) is 6.20. The summed E-state index contributed by atoms with van der Waals surface area (Å²) in [6.45, 7) is 15.5. The first kappa shape index (κ1) is 15.0. The fraction of sp³-hybridized carbons (Fsp3) is 0.625. The maximum absolute atomic E-state index is 3.57. The van der Waals surface area contributed by atoms with Crippen molar-refractivity contribution in [3.63, 3.8) is 0 Å². The van der Waals surface area contributed by atoms with Crippen LogP contribution >= 0.6 is 0 Å². The molecule has 1 aromatic rings. The number of anilines is 1. The van der Waals surface area contributed by atoms with Gasteiger partial charge < -0.3 is 10.2 Å². The minimum absolute atomic E-state index is 0.592. The first-order chi connectivity index (χ1) is 8.58. The predicted molar refractivity (Wildman–Crippen MR) is 81.5 cm³/mol. The normalized spacial score (nSPS) is 11.3. The molecule has 0 amide bonds. The number of rotatable bonds is 7. The van der Waals surface area contributed by atoms with Crippen LogP contribution in [0.3, 0.4) is 0 Å². The predicted octanol–water partition coefficient (Wildman–Crippen LogP) is 3.87. The van der Waals surface area contributed by atoms with Gasteiger partial charge in [0.1, 0.15) is 0 Å². The average Bonchev–Trinajstić information content (AvgIpc) is 2.36. The Morgan fingerprint density at radius 2 is 1.83 bits per heavy atom. The third-order valence-electron chi connectivity index (χ3n) is 3.57. The molecule has 1 aromatic carbocycles. The van der Waals surface area contributed by atoms with Gasteiger partial charge in [0.05, 0.1) is 0 Å². The summed E-state index contributed by atoms with van der Waals surface area (Å²) in [5.41, 5.74) is 4.03. The number of nitrogens with one attached hydrogen (secondary N) is 1. The van der Waals surface area contributed by atoms with E-state index in [1.165, 1.54) is 16.8 Å². The van der Waals surface area contributed by atoms with Gasteiger partial charge in [-0.2, -0.15) is 0 Å². The fourth-order valence-corrected chi connectivity index (χ4v) is 2.08. The van der Waals surface area contributed by atoms with E-state index in [4.69, 9.17) is 0 Å². The smallest absolute Gasteiger partial charge is 0.0373 e. The Morgan fingerprint density at radius 1 is 1.17 bits per heavy atom. The first-order valence-corrected chi connectivity index (χ1v) is 7.15. The molecule has 0 atom stereocenters. The zero-order chi connectivity index (χ0) is 13.5. The molecule has 1 N–H and O–H groups in total. The molecule has 0 heterocycles. The van der Waals surface area contributed by atoms with Crippen molar-refractivity contribution in [3.05, 3.63) is 29.3 Å². The van der Waals surface area contributed by atoms with Crippen molar-refractivity contribution in [3.8, 4) is 0 Å². The molecule has 0 aliphatic rings. The van der Waals surface area contributed by atoms with Gasteiger partial charge >= 0.3 is 0 Å². The highest BCUT2D eigenvalue weighted by Crippen LogP contribution is 2.22. The third-order valence-corrected chi connectivity index (χ3v) is 3.57. The van der Waals surface area contributed by atoms with E-state index in [2.05, 4.69) is 63.0 Å².